The largest absolute Gasteiger partial charge is 0.310 e. The van der Waals surface area contributed by atoms with E-state index in [4.69, 9.17) is 0 Å². The number of hydrogen-bond acceptors (Lipinski definition) is 2. The van der Waals surface area contributed by atoms with Crippen molar-refractivity contribution in [3.63, 3.8) is 0 Å². The Morgan fingerprint density at radius 1 is 1.38 bits per heavy atom. The van der Waals surface area contributed by atoms with Crippen molar-refractivity contribution in [1.82, 2.24) is 4.98 Å². The van der Waals surface area contributed by atoms with Crippen LogP contribution in [0.1, 0.15) is 32.1 Å². The molecule has 1 saturated carbocycles. The lowest BCUT2D eigenvalue weighted by Gasteiger charge is -2.20. The van der Waals surface area contributed by atoms with Gasteiger partial charge in [-0.1, -0.05) is 19.3 Å². The molecule has 0 aromatic carbocycles. The van der Waals surface area contributed by atoms with Gasteiger partial charge in [0.2, 0.25) is 5.91 Å². The number of nitrogens with one attached hydrogen (secondary N) is 1. The van der Waals surface area contributed by atoms with Crippen molar-refractivity contribution in [2.75, 3.05) is 5.32 Å². The fraction of sp³-hybridized carbons (Fsp3) is 0.500. The molecule has 1 N–H and O–H groups in total. The molecule has 16 heavy (non-hydrogen) atoms. The second kappa shape index (κ2) is 5.43. The number of amides is 1. The molecule has 1 aliphatic rings. The predicted octanol–water partition coefficient (Wildman–Crippen LogP) is 3.36. The molecule has 0 atom stereocenters. The lowest BCUT2D eigenvalue weighted by molar-refractivity contribution is -0.120. The van der Waals surface area contributed by atoms with E-state index in [0.717, 1.165) is 17.3 Å². The summed E-state index contributed by atoms with van der Waals surface area (Å²) < 4.78 is 0.833. The summed E-state index contributed by atoms with van der Waals surface area (Å²) in [6.07, 6.45) is 7.30. The molecule has 86 valence electrons. The molecule has 0 radical (unpaired) electrons. The van der Waals surface area contributed by atoms with E-state index < -0.39 is 0 Å². The van der Waals surface area contributed by atoms with Gasteiger partial charge in [0.05, 0.1) is 4.47 Å². The van der Waals surface area contributed by atoms with Gasteiger partial charge in [0.25, 0.3) is 0 Å². The van der Waals surface area contributed by atoms with Crippen LogP contribution in [0.5, 0.6) is 0 Å². The lowest BCUT2D eigenvalue weighted by Crippen LogP contribution is -2.25. The fourth-order valence-electron chi connectivity index (χ4n) is 2.06. The van der Waals surface area contributed by atoms with Crippen molar-refractivity contribution < 1.29 is 4.79 Å². The maximum Gasteiger partial charge on any atom is 0.228 e. The van der Waals surface area contributed by atoms with E-state index >= 15 is 0 Å². The topological polar surface area (TPSA) is 42.0 Å². The van der Waals surface area contributed by atoms with Crippen LogP contribution >= 0.6 is 15.9 Å². The van der Waals surface area contributed by atoms with E-state index in [2.05, 4.69) is 26.2 Å². The third-order valence-electron chi connectivity index (χ3n) is 2.98. The van der Waals surface area contributed by atoms with Crippen LogP contribution in [0.15, 0.2) is 22.8 Å². The van der Waals surface area contributed by atoms with Crippen LogP contribution in [-0.4, -0.2) is 10.9 Å². The van der Waals surface area contributed by atoms with Crippen LogP contribution in [-0.2, 0) is 4.79 Å². The third-order valence-corrected chi connectivity index (χ3v) is 3.62. The van der Waals surface area contributed by atoms with Gasteiger partial charge in [0, 0.05) is 12.1 Å². The maximum atomic E-state index is 11.9. The van der Waals surface area contributed by atoms with E-state index in [0.29, 0.717) is 5.82 Å². The molecule has 4 heteroatoms. The van der Waals surface area contributed by atoms with E-state index in [1.165, 1.54) is 19.3 Å². The van der Waals surface area contributed by atoms with Crippen LogP contribution in [0, 0.1) is 5.92 Å². The Kier molecular flexibility index (Phi) is 3.93. The van der Waals surface area contributed by atoms with E-state index in [-0.39, 0.29) is 11.8 Å². The molecule has 0 spiro atoms. The van der Waals surface area contributed by atoms with Crippen molar-refractivity contribution in [2.24, 2.45) is 5.92 Å². The molecule has 2 rings (SSSR count). The molecule has 1 amide bonds. The summed E-state index contributed by atoms with van der Waals surface area (Å²) in [6.45, 7) is 0. The minimum absolute atomic E-state index is 0.110. The highest BCUT2D eigenvalue weighted by Crippen LogP contribution is 2.26. The first kappa shape index (κ1) is 11.6. The monoisotopic (exact) mass is 282 g/mol. The second-order valence-electron chi connectivity index (χ2n) is 4.16. The van der Waals surface area contributed by atoms with Crippen molar-refractivity contribution in [2.45, 2.75) is 32.1 Å². The Hall–Kier alpha value is -0.900. The minimum atomic E-state index is 0.110. The number of anilines is 1. The highest BCUT2D eigenvalue weighted by Gasteiger charge is 2.21. The van der Waals surface area contributed by atoms with Crippen LogP contribution < -0.4 is 5.32 Å². The van der Waals surface area contributed by atoms with Crippen molar-refractivity contribution in [1.29, 1.82) is 0 Å². The average Bonchev–Trinajstić information content (AvgIpc) is 2.33. The molecule has 1 aromatic rings. The number of carbonyl (C=O) groups excluding carboxylic acids is 1. The smallest absolute Gasteiger partial charge is 0.228 e. The number of carbonyl (C=O) groups is 1. The van der Waals surface area contributed by atoms with Crippen molar-refractivity contribution in [3.8, 4) is 0 Å². The molecule has 1 aliphatic carbocycles. The summed E-state index contributed by atoms with van der Waals surface area (Å²) in [5.41, 5.74) is 0. The third kappa shape index (κ3) is 2.82. The Morgan fingerprint density at radius 3 is 2.81 bits per heavy atom. The second-order valence-corrected chi connectivity index (χ2v) is 5.01. The van der Waals surface area contributed by atoms with Gasteiger partial charge >= 0.3 is 0 Å². The predicted molar refractivity (Wildman–Crippen MR) is 67.1 cm³/mol. The van der Waals surface area contributed by atoms with Gasteiger partial charge in [0.1, 0.15) is 5.82 Å². The molecule has 3 nitrogen and oxygen atoms in total. The normalized spacial score (nSPS) is 17.1. The van der Waals surface area contributed by atoms with Crippen molar-refractivity contribution in [3.05, 3.63) is 22.8 Å². The van der Waals surface area contributed by atoms with Crippen LogP contribution in [0.4, 0.5) is 5.82 Å². The summed E-state index contributed by atoms with van der Waals surface area (Å²) in [4.78, 5) is 16.1. The summed E-state index contributed by atoms with van der Waals surface area (Å²) >= 11 is 3.37. The zero-order chi connectivity index (χ0) is 11.4. The number of hydrogen-bond donors (Lipinski definition) is 1. The molecule has 1 fully saturated rings. The first-order chi connectivity index (χ1) is 7.77. The summed E-state index contributed by atoms with van der Waals surface area (Å²) in [5, 5.41) is 2.88. The maximum absolute atomic E-state index is 11.9. The summed E-state index contributed by atoms with van der Waals surface area (Å²) in [7, 11) is 0. The summed E-state index contributed by atoms with van der Waals surface area (Å²) in [5.74, 6) is 0.903. The lowest BCUT2D eigenvalue weighted by atomic mass is 9.89. The van der Waals surface area contributed by atoms with Gasteiger partial charge < -0.3 is 5.32 Å². The van der Waals surface area contributed by atoms with Gasteiger partial charge in [-0.25, -0.2) is 4.98 Å². The van der Waals surface area contributed by atoms with Gasteiger partial charge in [0.15, 0.2) is 0 Å². The number of pyridine rings is 1. The van der Waals surface area contributed by atoms with E-state index in [1.807, 2.05) is 12.1 Å². The zero-order valence-electron chi connectivity index (χ0n) is 9.08. The molecular weight excluding hydrogens is 268 g/mol. The van der Waals surface area contributed by atoms with Gasteiger partial charge in [-0.15, -0.1) is 0 Å². The first-order valence-electron chi connectivity index (χ1n) is 5.69. The molecule has 1 aromatic heterocycles. The highest BCUT2D eigenvalue weighted by molar-refractivity contribution is 9.10. The molecule has 0 bridgehead atoms. The SMILES string of the molecule is O=C(Nc1ncccc1Br)C1CCCCC1. The Morgan fingerprint density at radius 2 is 2.12 bits per heavy atom. The molecule has 0 unspecified atom stereocenters. The first-order valence-corrected chi connectivity index (χ1v) is 6.48. The van der Waals surface area contributed by atoms with Crippen LogP contribution in [0.2, 0.25) is 0 Å². The highest BCUT2D eigenvalue weighted by atomic mass is 79.9. The number of rotatable bonds is 2. The average molecular weight is 283 g/mol. The Balaban J connectivity index is 1.99. The molecule has 0 saturated heterocycles. The number of nitrogens with zero attached hydrogens (tertiary/aromatic N) is 1. The quantitative estimate of drug-likeness (QED) is 0.904. The van der Waals surface area contributed by atoms with Gasteiger partial charge in [-0.05, 0) is 40.9 Å². The van der Waals surface area contributed by atoms with E-state index in [9.17, 15) is 4.79 Å². The fourth-order valence-corrected chi connectivity index (χ4v) is 2.42. The van der Waals surface area contributed by atoms with Gasteiger partial charge in [-0.3, -0.25) is 4.79 Å². The number of halogens is 1. The minimum Gasteiger partial charge on any atom is -0.310 e. The Labute approximate surface area is 104 Å². The molecule has 0 aliphatic heterocycles. The van der Waals surface area contributed by atoms with Crippen molar-refractivity contribution >= 4 is 27.7 Å². The standard InChI is InChI=1S/C12H15BrN2O/c13-10-7-4-8-14-11(10)15-12(16)9-5-2-1-3-6-9/h4,7-9H,1-3,5-6H2,(H,14,15,16). The molecular formula is C12H15BrN2O. The summed E-state index contributed by atoms with van der Waals surface area (Å²) in [6, 6.07) is 3.71. The van der Waals surface area contributed by atoms with Crippen LogP contribution in [0.25, 0.3) is 0 Å². The van der Waals surface area contributed by atoms with Crippen LogP contribution in [0.3, 0.4) is 0 Å². The van der Waals surface area contributed by atoms with Gasteiger partial charge in [-0.2, -0.15) is 0 Å². The zero-order valence-corrected chi connectivity index (χ0v) is 10.7. The van der Waals surface area contributed by atoms with E-state index in [1.54, 1.807) is 6.20 Å². The Bertz CT molecular complexity index is 375. The molecule has 1 heterocycles. The number of aromatic nitrogens is 1.